The number of phenols is 2. The van der Waals surface area contributed by atoms with Crippen molar-refractivity contribution in [3.8, 4) is 22.6 Å². The van der Waals surface area contributed by atoms with Crippen LogP contribution in [0.2, 0.25) is 0 Å². The number of rotatable bonds is 4. The summed E-state index contributed by atoms with van der Waals surface area (Å²) in [6.45, 7) is 1.70. The molecule has 0 aliphatic rings. The third-order valence-electron chi connectivity index (χ3n) is 3.15. The van der Waals surface area contributed by atoms with Gasteiger partial charge in [-0.15, -0.1) is 0 Å². The zero-order valence-electron chi connectivity index (χ0n) is 11.2. The van der Waals surface area contributed by atoms with Gasteiger partial charge in [-0.3, -0.25) is 14.9 Å². The van der Waals surface area contributed by atoms with Crippen molar-refractivity contribution in [2.75, 3.05) is 0 Å². The summed E-state index contributed by atoms with van der Waals surface area (Å²) in [7, 11) is 0. The van der Waals surface area contributed by atoms with Crippen molar-refractivity contribution in [1.29, 1.82) is 0 Å². The molecular weight excluding hydrogens is 274 g/mol. The number of hydrogen-bond donors (Lipinski definition) is 2. The van der Waals surface area contributed by atoms with E-state index in [1.807, 2.05) is 0 Å². The molecule has 21 heavy (non-hydrogen) atoms. The molecule has 0 aliphatic carbocycles. The van der Waals surface area contributed by atoms with E-state index in [9.17, 15) is 25.1 Å². The number of aromatic hydroxyl groups is 2. The van der Waals surface area contributed by atoms with Crippen LogP contribution in [-0.4, -0.2) is 20.9 Å². The minimum Gasteiger partial charge on any atom is -0.504 e. The van der Waals surface area contributed by atoms with E-state index in [2.05, 4.69) is 0 Å². The number of hydrogen-bond acceptors (Lipinski definition) is 5. The Morgan fingerprint density at radius 2 is 1.81 bits per heavy atom. The molecule has 0 saturated heterocycles. The van der Waals surface area contributed by atoms with Gasteiger partial charge >= 0.3 is 5.69 Å². The second-order valence-corrected chi connectivity index (χ2v) is 4.41. The summed E-state index contributed by atoms with van der Waals surface area (Å²) in [5.74, 6) is -1.55. The number of nitro groups is 1. The molecule has 0 aliphatic heterocycles. The third kappa shape index (κ3) is 2.55. The fourth-order valence-corrected chi connectivity index (χ4v) is 2.12. The van der Waals surface area contributed by atoms with Crippen molar-refractivity contribution in [3.63, 3.8) is 0 Å². The number of carbonyl (C=O) groups excluding carboxylic acids is 1. The predicted molar refractivity (Wildman–Crippen MR) is 76.5 cm³/mol. The van der Waals surface area contributed by atoms with Crippen molar-refractivity contribution in [1.82, 2.24) is 0 Å². The highest BCUT2D eigenvalue weighted by Gasteiger charge is 2.26. The maximum absolute atomic E-state index is 12.0. The first kappa shape index (κ1) is 14.5. The van der Waals surface area contributed by atoms with Gasteiger partial charge in [-0.25, -0.2) is 0 Å². The van der Waals surface area contributed by atoms with Crippen molar-refractivity contribution in [2.45, 2.75) is 13.3 Å². The first-order valence-corrected chi connectivity index (χ1v) is 6.29. The van der Waals surface area contributed by atoms with E-state index >= 15 is 0 Å². The van der Waals surface area contributed by atoms with Gasteiger partial charge in [0.1, 0.15) is 0 Å². The summed E-state index contributed by atoms with van der Waals surface area (Å²) in [5.41, 5.74) is 0.165. The monoisotopic (exact) mass is 287 g/mol. The number of benzene rings is 2. The molecule has 0 fully saturated rings. The van der Waals surface area contributed by atoms with Crippen molar-refractivity contribution in [2.24, 2.45) is 0 Å². The summed E-state index contributed by atoms with van der Waals surface area (Å²) >= 11 is 0. The van der Waals surface area contributed by atoms with Gasteiger partial charge in [0.05, 0.1) is 10.5 Å². The molecule has 2 aromatic carbocycles. The number of ketones is 1. The maximum Gasteiger partial charge on any atom is 0.322 e. The van der Waals surface area contributed by atoms with E-state index in [4.69, 9.17) is 0 Å². The molecule has 0 saturated carbocycles. The minimum absolute atomic E-state index is 0.0905. The summed E-state index contributed by atoms with van der Waals surface area (Å²) in [5, 5.41) is 30.3. The van der Waals surface area contributed by atoms with Crippen molar-refractivity contribution >= 4 is 11.5 Å². The van der Waals surface area contributed by atoms with Crippen LogP contribution in [-0.2, 0) is 0 Å². The van der Waals surface area contributed by atoms with E-state index < -0.39 is 22.1 Å². The molecule has 0 spiro atoms. The molecular formula is C15H13NO5. The van der Waals surface area contributed by atoms with Crippen LogP contribution in [0, 0.1) is 10.1 Å². The van der Waals surface area contributed by atoms with E-state index in [1.54, 1.807) is 31.2 Å². The minimum atomic E-state index is -0.809. The second kappa shape index (κ2) is 5.62. The molecule has 0 atom stereocenters. The fourth-order valence-electron chi connectivity index (χ4n) is 2.12. The average molecular weight is 287 g/mol. The number of phenolic OH excluding ortho intramolecular Hbond substituents is 2. The molecule has 0 amide bonds. The SMILES string of the molecule is CCC(=O)c1ccccc1-c1ccc(O)c(O)c1[N+](=O)[O-]. The Bertz CT molecular complexity index is 724. The first-order valence-electron chi connectivity index (χ1n) is 6.29. The van der Waals surface area contributed by atoms with Crippen molar-refractivity contribution < 1.29 is 19.9 Å². The van der Waals surface area contributed by atoms with Gasteiger partial charge in [0, 0.05) is 12.0 Å². The summed E-state index contributed by atoms with van der Waals surface area (Å²) in [4.78, 5) is 22.3. The Morgan fingerprint density at radius 3 is 2.43 bits per heavy atom. The molecule has 0 aromatic heterocycles. The van der Waals surface area contributed by atoms with Gasteiger partial charge < -0.3 is 10.2 Å². The van der Waals surface area contributed by atoms with Crippen LogP contribution in [0.25, 0.3) is 11.1 Å². The topological polar surface area (TPSA) is 101 Å². The quantitative estimate of drug-likeness (QED) is 0.389. The summed E-state index contributed by atoms with van der Waals surface area (Å²) in [6.07, 6.45) is 0.259. The van der Waals surface area contributed by atoms with Crippen LogP contribution in [0.1, 0.15) is 23.7 Å². The Hall–Kier alpha value is -2.89. The van der Waals surface area contributed by atoms with Crippen LogP contribution in [0.15, 0.2) is 36.4 Å². The Labute approximate surface area is 120 Å². The molecule has 2 rings (SSSR count). The van der Waals surface area contributed by atoms with E-state index in [0.29, 0.717) is 11.1 Å². The van der Waals surface area contributed by atoms with Gasteiger partial charge in [0.25, 0.3) is 0 Å². The third-order valence-corrected chi connectivity index (χ3v) is 3.15. The lowest BCUT2D eigenvalue weighted by molar-refractivity contribution is -0.385. The van der Waals surface area contributed by atoms with Crippen LogP contribution >= 0.6 is 0 Å². The molecule has 6 nitrogen and oxygen atoms in total. The molecule has 0 unspecified atom stereocenters. The number of carbonyl (C=O) groups is 1. The van der Waals surface area contributed by atoms with Gasteiger partial charge in [0.15, 0.2) is 11.5 Å². The Morgan fingerprint density at radius 1 is 1.14 bits per heavy atom. The Balaban J connectivity index is 2.77. The fraction of sp³-hybridized carbons (Fsp3) is 0.133. The molecule has 6 heteroatoms. The molecule has 2 aromatic rings. The van der Waals surface area contributed by atoms with E-state index in [-0.39, 0.29) is 17.8 Å². The first-order chi connectivity index (χ1) is 9.97. The molecule has 0 heterocycles. The zero-order valence-corrected chi connectivity index (χ0v) is 11.2. The van der Waals surface area contributed by atoms with E-state index in [0.717, 1.165) is 6.07 Å². The lowest BCUT2D eigenvalue weighted by Crippen LogP contribution is -2.01. The molecule has 108 valence electrons. The van der Waals surface area contributed by atoms with E-state index in [1.165, 1.54) is 6.07 Å². The highest BCUT2D eigenvalue weighted by molar-refractivity contribution is 6.03. The normalized spacial score (nSPS) is 10.3. The van der Waals surface area contributed by atoms with Gasteiger partial charge in [-0.1, -0.05) is 31.2 Å². The zero-order chi connectivity index (χ0) is 15.6. The molecule has 0 bridgehead atoms. The second-order valence-electron chi connectivity index (χ2n) is 4.41. The number of nitrogens with zero attached hydrogens (tertiary/aromatic N) is 1. The molecule has 0 radical (unpaired) electrons. The van der Waals surface area contributed by atoms with Crippen LogP contribution in [0.4, 0.5) is 5.69 Å². The standard InChI is InChI=1S/C15H13NO5/c1-2-12(17)10-6-4-3-5-9(10)11-7-8-13(18)15(19)14(11)16(20)21/h3-8,18-19H,2H2,1H3. The highest BCUT2D eigenvalue weighted by atomic mass is 16.6. The largest absolute Gasteiger partial charge is 0.504 e. The lowest BCUT2D eigenvalue weighted by atomic mass is 9.94. The van der Waals surface area contributed by atoms with Crippen LogP contribution in [0.5, 0.6) is 11.5 Å². The van der Waals surface area contributed by atoms with Gasteiger partial charge in [0.2, 0.25) is 5.75 Å². The van der Waals surface area contributed by atoms with Crippen LogP contribution < -0.4 is 0 Å². The smallest absolute Gasteiger partial charge is 0.322 e. The Kier molecular flexibility index (Phi) is 3.89. The lowest BCUT2D eigenvalue weighted by Gasteiger charge is -2.10. The average Bonchev–Trinajstić information content (AvgIpc) is 2.48. The summed E-state index contributed by atoms with van der Waals surface area (Å²) < 4.78 is 0. The molecule has 2 N–H and O–H groups in total. The summed E-state index contributed by atoms with van der Waals surface area (Å²) in [6, 6.07) is 8.93. The number of nitro benzene ring substituents is 1. The number of Topliss-reactive ketones (excluding diaryl/α,β-unsaturated/α-hetero) is 1. The predicted octanol–water partition coefficient (Wildman–Crippen LogP) is 3.27. The highest BCUT2D eigenvalue weighted by Crippen LogP contribution is 2.43. The van der Waals surface area contributed by atoms with Crippen molar-refractivity contribution in [3.05, 3.63) is 52.1 Å². The maximum atomic E-state index is 12.0. The van der Waals surface area contributed by atoms with Gasteiger partial charge in [-0.05, 0) is 17.7 Å². The van der Waals surface area contributed by atoms with Gasteiger partial charge in [-0.2, -0.15) is 0 Å². The van der Waals surface area contributed by atoms with Crippen LogP contribution in [0.3, 0.4) is 0 Å².